The Balaban J connectivity index is 1.64. The monoisotopic (exact) mass is 818 g/mol. The number of aromatic amines is 1. The number of rotatable bonds is 0. The first-order chi connectivity index (χ1) is 13.3. The van der Waals surface area contributed by atoms with Gasteiger partial charge in [0.1, 0.15) is 7.09 Å². The van der Waals surface area contributed by atoms with Gasteiger partial charge in [-0.2, -0.15) is 0 Å². The number of fused-ring (bicyclic) bond motifs is 6. The fourth-order valence-corrected chi connectivity index (χ4v) is 6.50. The summed E-state index contributed by atoms with van der Waals surface area (Å²) in [5.74, 6) is 0. The fourth-order valence-electron chi connectivity index (χ4n) is 3.47. The molecule has 2 N–H and O–H groups in total. The Kier molecular flexibility index (Phi) is 5.22. The van der Waals surface area contributed by atoms with Crippen LogP contribution in [-0.2, 0) is 0 Å². The van der Waals surface area contributed by atoms with Crippen LogP contribution in [0.2, 0.25) is 0 Å². The minimum absolute atomic E-state index is 0.202. The molecule has 4 nitrogen and oxygen atoms in total. The molecule has 5 heterocycles. The number of nitrogens with one attached hydrogen (secondary N) is 2. The third-order valence-electron chi connectivity index (χ3n) is 4.91. The van der Waals surface area contributed by atoms with Gasteiger partial charge in [-0.1, -0.05) is 45.2 Å². The highest BCUT2D eigenvalue weighted by atomic mass is 127. The van der Waals surface area contributed by atoms with Crippen molar-refractivity contribution in [3.63, 3.8) is 0 Å². The minimum atomic E-state index is -0.296. The summed E-state index contributed by atoms with van der Waals surface area (Å²) in [6.07, 6.45) is 17.1. The molecule has 4 atom stereocenters. The highest BCUT2D eigenvalue weighted by molar-refractivity contribution is 14.1. The van der Waals surface area contributed by atoms with Gasteiger partial charge < -0.3 is 10.3 Å². The van der Waals surface area contributed by atoms with Gasteiger partial charge in [0.2, 0.25) is 0 Å². The van der Waals surface area contributed by atoms with Crippen LogP contribution in [0.5, 0.6) is 0 Å². The van der Waals surface area contributed by atoms with Gasteiger partial charge in [-0.15, -0.1) is 0 Å². The van der Waals surface area contributed by atoms with E-state index in [1.54, 1.807) is 0 Å². The SMILES string of the molecule is IC1c2ccc([nH]2)C=C2C=CC(=N2)C=C2C=CC(I)(N2)C(I)C2=NC1(I)C=C2. The van der Waals surface area contributed by atoms with E-state index in [2.05, 4.69) is 161 Å². The van der Waals surface area contributed by atoms with Gasteiger partial charge in [0.15, 0.2) is 0 Å². The number of hydrogen-bond donors (Lipinski definition) is 2. The van der Waals surface area contributed by atoms with Crippen LogP contribution in [0.1, 0.15) is 15.3 Å². The molecule has 142 valence electrons. The van der Waals surface area contributed by atoms with E-state index in [4.69, 9.17) is 9.98 Å². The molecule has 28 heavy (non-hydrogen) atoms. The first-order valence-electron chi connectivity index (χ1n) is 8.66. The molecule has 5 rings (SSSR count). The molecule has 8 heteroatoms. The molecule has 0 spiro atoms. The Labute approximate surface area is 217 Å². The number of aliphatic imine (C=N–C) groups is 2. The zero-order chi connectivity index (χ0) is 19.5. The average molecular weight is 818 g/mol. The Bertz CT molecular complexity index is 1070. The summed E-state index contributed by atoms with van der Waals surface area (Å²) in [4.78, 5) is 13.4. The summed E-state index contributed by atoms with van der Waals surface area (Å²) in [6.45, 7) is 0. The van der Waals surface area contributed by atoms with Crippen LogP contribution in [0, 0.1) is 0 Å². The van der Waals surface area contributed by atoms with Crippen LogP contribution in [-0.4, -0.2) is 27.4 Å². The van der Waals surface area contributed by atoms with E-state index < -0.39 is 0 Å². The lowest BCUT2D eigenvalue weighted by Gasteiger charge is -2.29. The topological polar surface area (TPSA) is 52.5 Å². The van der Waals surface area contributed by atoms with Crippen molar-refractivity contribution >= 4 is 108 Å². The molecule has 1 aromatic heterocycles. The van der Waals surface area contributed by atoms with Gasteiger partial charge in [-0.25, -0.2) is 4.99 Å². The van der Waals surface area contributed by atoms with Crippen molar-refractivity contribution < 1.29 is 0 Å². The molecule has 1 aromatic rings. The van der Waals surface area contributed by atoms with E-state index in [9.17, 15) is 0 Å². The van der Waals surface area contributed by atoms with Crippen molar-refractivity contribution in [1.82, 2.24) is 10.3 Å². The number of nitrogens with zero attached hydrogens (tertiary/aromatic N) is 2. The average Bonchev–Trinajstić information content (AvgIpc) is 3.43. The third kappa shape index (κ3) is 3.53. The second-order valence-electron chi connectivity index (χ2n) is 6.96. The standard InChI is InChI=1S/C20H14I4N4/c21-17-15-4-3-13(26-15)9-11-1-2-12(25-11)10-14-5-7-19(23,27-14)18(22)16-6-8-20(17,24)28-16/h1-10,17-18,26-27H. The third-order valence-corrected chi connectivity index (χ3v) is 13.0. The Hall–Kier alpha value is 0.0400. The van der Waals surface area contributed by atoms with Gasteiger partial charge in [0.05, 0.1) is 25.0 Å². The van der Waals surface area contributed by atoms with E-state index in [1.807, 2.05) is 0 Å². The predicted octanol–water partition coefficient (Wildman–Crippen LogP) is 5.98. The maximum absolute atomic E-state index is 5.16. The van der Waals surface area contributed by atoms with E-state index >= 15 is 0 Å². The van der Waals surface area contributed by atoms with Crippen LogP contribution >= 0.6 is 90.4 Å². The number of H-pyrrole nitrogens is 1. The van der Waals surface area contributed by atoms with Gasteiger partial charge >= 0.3 is 0 Å². The lowest BCUT2D eigenvalue weighted by molar-refractivity contribution is 0.726. The molecule has 4 aliphatic heterocycles. The second-order valence-corrected chi connectivity index (χ2v) is 13.0. The zero-order valence-electron chi connectivity index (χ0n) is 14.3. The summed E-state index contributed by atoms with van der Waals surface area (Å²) in [5.41, 5.74) is 6.33. The van der Waals surface area contributed by atoms with Crippen LogP contribution < -0.4 is 5.32 Å². The van der Waals surface area contributed by atoms with Crippen molar-refractivity contribution in [2.45, 2.75) is 14.9 Å². The van der Waals surface area contributed by atoms with Crippen LogP contribution in [0.3, 0.4) is 0 Å². The first-order valence-corrected chi connectivity index (χ1v) is 13.3. The highest BCUT2D eigenvalue weighted by Crippen LogP contribution is 2.47. The van der Waals surface area contributed by atoms with Gasteiger partial charge in [-0.3, -0.25) is 4.99 Å². The van der Waals surface area contributed by atoms with E-state index in [0.717, 1.165) is 28.5 Å². The van der Waals surface area contributed by atoms with Crippen molar-refractivity contribution in [2.24, 2.45) is 9.98 Å². The van der Waals surface area contributed by atoms with Crippen LogP contribution in [0.4, 0.5) is 0 Å². The van der Waals surface area contributed by atoms with Crippen LogP contribution in [0.25, 0.3) is 6.08 Å². The predicted molar refractivity (Wildman–Crippen MR) is 150 cm³/mol. The Morgan fingerprint density at radius 3 is 2.64 bits per heavy atom. The van der Waals surface area contributed by atoms with Crippen molar-refractivity contribution in [3.8, 4) is 0 Å². The van der Waals surface area contributed by atoms with E-state index in [1.165, 1.54) is 5.69 Å². The summed E-state index contributed by atoms with van der Waals surface area (Å²) in [6, 6.07) is 4.27. The maximum Gasteiger partial charge on any atom is 0.147 e. The molecule has 4 unspecified atom stereocenters. The summed E-state index contributed by atoms with van der Waals surface area (Å²) < 4.78 is -0.105. The smallest absolute Gasteiger partial charge is 0.147 e. The quantitative estimate of drug-likeness (QED) is 0.189. The molecule has 0 saturated heterocycles. The number of aromatic nitrogens is 1. The fraction of sp³-hybridized carbons (Fsp3) is 0.200. The lowest BCUT2D eigenvalue weighted by Crippen LogP contribution is -2.44. The van der Waals surface area contributed by atoms with Crippen LogP contribution in [0.15, 0.2) is 76.0 Å². The highest BCUT2D eigenvalue weighted by Gasteiger charge is 2.43. The first kappa shape index (κ1) is 20.0. The summed E-state index contributed by atoms with van der Waals surface area (Å²) in [5, 5.41) is 3.66. The molecular formula is C20H14I4N4. The second kappa shape index (κ2) is 7.32. The maximum atomic E-state index is 5.16. The molecule has 0 aromatic carbocycles. The van der Waals surface area contributed by atoms with Gasteiger partial charge in [-0.05, 0) is 106 Å². The molecule has 0 fully saturated rings. The molecule has 4 aliphatic rings. The number of allylic oxidation sites excluding steroid dienone is 5. The molecule has 0 amide bonds. The zero-order valence-corrected chi connectivity index (χ0v) is 23.0. The molecule has 0 saturated carbocycles. The minimum Gasteiger partial charge on any atom is -0.366 e. The summed E-state index contributed by atoms with van der Waals surface area (Å²) in [7, 11) is 0. The molecule has 0 radical (unpaired) electrons. The van der Waals surface area contributed by atoms with Crippen molar-refractivity contribution in [3.05, 3.63) is 77.4 Å². The number of alkyl halides is 4. The van der Waals surface area contributed by atoms with Crippen molar-refractivity contribution in [1.29, 1.82) is 0 Å². The van der Waals surface area contributed by atoms with E-state index in [0.29, 0.717) is 0 Å². The van der Waals surface area contributed by atoms with Gasteiger partial charge in [0.25, 0.3) is 0 Å². The number of hydrogen-bond acceptors (Lipinski definition) is 3. The number of halogens is 4. The lowest BCUT2D eigenvalue weighted by atomic mass is 10.1. The summed E-state index contributed by atoms with van der Waals surface area (Å²) >= 11 is 9.98. The molecular weight excluding hydrogens is 804 g/mol. The normalized spacial score (nSPS) is 35.4. The van der Waals surface area contributed by atoms with E-state index in [-0.39, 0.29) is 14.9 Å². The Morgan fingerprint density at radius 2 is 1.79 bits per heavy atom. The largest absolute Gasteiger partial charge is 0.366 e. The molecule has 0 aliphatic carbocycles. The van der Waals surface area contributed by atoms with Gasteiger partial charge in [0, 0.05) is 17.1 Å². The Morgan fingerprint density at radius 1 is 0.929 bits per heavy atom. The molecule has 8 bridgehead atoms. The van der Waals surface area contributed by atoms with Crippen molar-refractivity contribution in [2.75, 3.05) is 0 Å².